The molecule has 0 aromatic heterocycles. The molecule has 1 saturated heterocycles. The molecule has 0 saturated carbocycles. The summed E-state index contributed by atoms with van der Waals surface area (Å²) in [7, 11) is 0. The fourth-order valence-electron chi connectivity index (χ4n) is 3.87. The lowest BCUT2D eigenvalue weighted by molar-refractivity contribution is -0.384. The van der Waals surface area contributed by atoms with Crippen molar-refractivity contribution in [2.45, 2.75) is 65.1 Å². The third kappa shape index (κ3) is 6.17. The number of nitrogens with one attached hydrogen (secondary N) is 1. The fraction of sp³-hybridized carbons (Fsp3) is 0.583. The maximum Gasteiger partial charge on any atom is 0.348 e. The third-order valence-electron chi connectivity index (χ3n) is 6.06. The monoisotopic (exact) mass is 507 g/mol. The highest BCUT2D eigenvalue weighted by molar-refractivity contribution is 6.07. The molecule has 2 amide bonds. The van der Waals surface area contributed by atoms with E-state index in [1.807, 2.05) is 0 Å². The highest BCUT2D eigenvalue weighted by atomic mass is 16.6. The lowest BCUT2D eigenvalue weighted by Crippen LogP contribution is -2.62. The average Bonchev–Trinajstić information content (AvgIpc) is 3.31. The molecule has 12 nitrogen and oxygen atoms in total. The number of nitrogens with zero attached hydrogens (tertiary/aromatic N) is 2. The van der Waals surface area contributed by atoms with Gasteiger partial charge in [-0.3, -0.25) is 19.7 Å². The molecular weight excluding hydrogens is 474 g/mol. The Kier molecular flexibility index (Phi) is 9.51. The third-order valence-corrected chi connectivity index (χ3v) is 6.06. The zero-order valence-electron chi connectivity index (χ0n) is 21.1. The first-order valence-corrected chi connectivity index (χ1v) is 11.8. The van der Waals surface area contributed by atoms with Gasteiger partial charge in [-0.15, -0.1) is 0 Å². The number of benzene rings is 1. The van der Waals surface area contributed by atoms with E-state index in [-0.39, 0.29) is 24.6 Å². The SMILES string of the molecule is CCOC(=O)[C@](O)(C(=O)N[C@H](C(=O)N1CCC[C@H]1C(=O)Oc1ccc([N+](=O)[O-])cc1)C(C)C)C(C)C. The van der Waals surface area contributed by atoms with Crippen LogP contribution in [-0.4, -0.2) is 69.5 Å². The van der Waals surface area contributed by atoms with Crippen molar-refractivity contribution in [2.24, 2.45) is 11.8 Å². The van der Waals surface area contributed by atoms with E-state index in [0.717, 1.165) is 0 Å². The second kappa shape index (κ2) is 11.9. The summed E-state index contributed by atoms with van der Waals surface area (Å²) in [6, 6.07) is 2.91. The summed E-state index contributed by atoms with van der Waals surface area (Å²) in [5.74, 6) is -4.63. The highest BCUT2D eigenvalue weighted by Gasteiger charge is 2.50. The Labute approximate surface area is 209 Å². The summed E-state index contributed by atoms with van der Waals surface area (Å²) in [4.78, 5) is 63.2. The number of nitro benzene ring substituents is 1. The number of ether oxygens (including phenoxy) is 2. The number of aliphatic hydroxyl groups is 1. The smallest absolute Gasteiger partial charge is 0.348 e. The van der Waals surface area contributed by atoms with Crippen molar-refractivity contribution in [2.75, 3.05) is 13.2 Å². The van der Waals surface area contributed by atoms with Crippen LogP contribution in [0.15, 0.2) is 24.3 Å². The summed E-state index contributed by atoms with van der Waals surface area (Å²) in [6.07, 6.45) is 0.846. The molecule has 198 valence electrons. The normalized spacial score (nSPS) is 17.9. The minimum absolute atomic E-state index is 0.0417. The van der Waals surface area contributed by atoms with Gasteiger partial charge in [-0.1, -0.05) is 27.7 Å². The molecule has 2 rings (SSSR count). The highest BCUT2D eigenvalue weighted by Crippen LogP contribution is 2.25. The number of carbonyl (C=O) groups is 4. The summed E-state index contributed by atoms with van der Waals surface area (Å²) < 4.78 is 10.2. The number of carbonyl (C=O) groups excluding carboxylic acids is 4. The number of hydrogen-bond acceptors (Lipinski definition) is 9. The predicted molar refractivity (Wildman–Crippen MR) is 127 cm³/mol. The Bertz CT molecular complexity index is 993. The second-order valence-electron chi connectivity index (χ2n) is 9.20. The van der Waals surface area contributed by atoms with Gasteiger partial charge in [-0.2, -0.15) is 0 Å². The number of likely N-dealkylation sites (tertiary alicyclic amines) is 1. The lowest BCUT2D eigenvalue weighted by Gasteiger charge is -2.33. The van der Waals surface area contributed by atoms with Crippen LogP contribution in [0, 0.1) is 22.0 Å². The molecule has 1 fully saturated rings. The van der Waals surface area contributed by atoms with Crippen LogP contribution in [0.25, 0.3) is 0 Å². The molecule has 0 aliphatic carbocycles. The first-order valence-electron chi connectivity index (χ1n) is 11.8. The number of rotatable bonds is 10. The summed E-state index contributed by atoms with van der Waals surface area (Å²) in [6.45, 7) is 8.06. The molecule has 1 heterocycles. The van der Waals surface area contributed by atoms with E-state index < -0.39 is 58.2 Å². The molecule has 2 N–H and O–H groups in total. The van der Waals surface area contributed by atoms with Gasteiger partial charge < -0.3 is 24.8 Å². The Hall–Kier alpha value is -3.54. The van der Waals surface area contributed by atoms with Crippen molar-refractivity contribution in [3.05, 3.63) is 34.4 Å². The molecule has 1 aromatic carbocycles. The van der Waals surface area contributed by atoms with E-state index in [1.54, 1.807) is 20.8 Å². The van der Waals surface area contributed by atoms with Crippen LogP contribution in [0.3, 0.4) is 0 Å². The van der Waals surface area contributed by atoms with Gasteiger partial charge in [-0.25, -0.2) is 9.59 Å². The minimum atomic E-state index is -2.50. The average molecular weight is 508 g/mol. The minimum Gasteiger partial charge on any atom is -0.463 e. The van der Waals surface area contributed by atoms with Gasteiger partial charge >= 0.3 is 11.9 Å². The van der Waals surface area contributed by atoms with E-state index in [4.69, 9.17) is 9.47 Å². The van der Waals surface area contributed by atoms with E-state index in [2.05, 4.69) is 5.32 Å². The molecule has 1 aliphatic heterocycles. The number of esters is 2. The van der Waals surface area contributed by atoms with Crippen molar-refractivity contribution >= 4 is 29.4 Å². The zero-order chi connectivity index (χ0) is 27.2. The first-order chi connectivity index (χ1) is 16.8. The topological polar surface area (TPSA) is 165 Å². The van der Waals surface area contributed by atoms with Crippen molar-refractivity contribution in [3.63, 3.8) is 0 Å². The van der Waals surface area contributed by atoms with Crippen molar-refractivity contribution in [3.8, 4) is 5.75 Å². The van der Waals surface area contributed by atoms with Crippen molar-refractivity contribution < 1.29 is 38.7 Å². The Morgan fingerprint density at radius 3 is 2.31 bits per heavy atom. The van der Waals surface area contributed by atoms with Gasteiger partial charge in [0, 0.05) is 24.6 Å². The second-order valence-corrected chi connectivity index (χ2v) is 9.20. The molecule has 3 atom stereocenters. The van der Waals surface area contributed by atoms with Gasteiger partial charge in [0.15, 0.2) is 0 Å². The lowest BCUT2D eigenvalue weighted by atomic mass is 9.88. The van der Waals surface area contributed by atoms with E-state index >= 15 is 0 Å². The van der Waals surface area contributed by atoms with Crippen LogP contribution in [-0.2, 0) is 23.9 Å². The summed E-state index contributed by atoms with van der Waals surface area (Å²) >= 11 is 0. The summed E-state index contributed by atoms with van der Waals surface area (Å²) in [5.41, 5.74) is -2.66. The Morgan fingerprint density at radius 2 is 1.81 bits per heavy atom. The first kappa shape index (κ1) is 28.7. The van der Waals surface area contributed by atoms with Gasteiger partial charge in [-0.05, 0) is 37.8 Å². The van der Waals surface area contributed by atoms with E-state index in [9.17, 15) is 34.4 Å². The molecule has 1 aromatic rings. The molecule has 1 aliphatic rings. The van der Waals surface area contributed by atoms with Crippen molar-refractivity contribution in [1.29, 1.82) is 0 Å². The van der Waals surface area contributed by atoms with Crippen LogP contribution in [0.2, 0.25) is 0 Å². The van der Waals surface area contributed by atoms with Crippen LogP contribution >= 0.6 is 0 Å². The van der Waals surface area contributed by atoms with Crippen LogP contribution in [0.1, 0.15) is 47.5 Å². The van der Waals surface area contributed by atoms with Gasteiger partial charge in [0.2, 0.25) is 11.5 Å². The Balaban J connectivity index is 2.19. The molecule has 0 unspecified atom stereocenters. The van der Waals surface area contributed by atoms with Gasteiger partial charge in [0.05, 0.1) is 11.5 Å². The number of non-ortho nitro benzene ring substituents is 1. The zero-order valence-corrected chi connectivity index (χ0v) is 21.1. The number of nitro groups is 1. The molecular formula is C24H33N3O9. The maximum absolute atomic E-state index is 13.4. The van der Waals surface area contributed by atoms with Crippen LogP contribution in [0.5, 0.6) is 5.75 Å². The fourth-order valence-corrected chi connectivity index (χ4v) is 3.87. The molecule has 0 radical (unpaired) electrons. The molecule has 12 heteroatoms. The standard InChI is InChI=1S/C24H33N3O9/c1-6-35-23(31)24(32,15(4)5)22(30)25-19(14(2)3)20(28)26-13-7-8-18(26)21(29)36-17-11-9-16(10-12-17)27(33)34/h9-12,14-15,18-19,32H,6-8,13H2,1-5H3,(H,25,30)/t18-,19-,24+/m0/s1. The largest absolute Gasteiger partial charge is 0.463 e. The quantitative estimate of drug-likeness (QED) is 0.157. The van der Waals surface area contributed by atoms with Crippen LogP contribution in [0.4, 0.5) is 5.69 Å². The van der Waals surface area contributed by atoms with Gasteiger partial charge in [0.1, 0.15) is 17.8 Å². The van der Waals surface area contributed by atoms with E-state index in [0.29, 0.717) is 12.8 Å². The molecule has 36 heavy (non-hydrogen) atoms. The maximum atomic E-state index is 13.4. The summed E-state index contributed by atoms with van der Waals surface area (Å²) in [5, 5.41) is 24.2. The Morgan fingerprint density at radius 1 is 1.19 bits per heavy atom. The number of hydrogen-bond donors (Lipinski definition) is 2. The number of amides is 2. The molecule has 0 bridgehead atoms. The van der Waals surface area contributed by atoms with Gasteiger partial charge in [0.25, 0.3) is 11.6 Å². The van der Waals surface area contributed by atoms with Crippen LogP contribution < -0.4 is 10.1 Å². The molecule has 0 spiro atoms. The van der Waals surface area contributed by atoms with E-state index in [1.165, 1.54) is 43.0 Å². The predicted octanol–water partition coefficient (Wildman–Crippen LogP) is 1.58. The van der Waals surface area contributed by atoms with Crippen molar-refractivity contribution in [1.82, 2.24) is 10.2 Å².